The topological polar surface area (TPSA) is 46.6 Å². The maximum absolute atomic E-state index is 12.9. The Hall–Kier alpha value is -2.10. The molecule has 1 aromatic rings. The van der Waals surface area contributed by atoms with E-state index < -0.39 is 16.9 Å². The van der Waals surface area contributed by atoms with Crippen LogP contribution >= 0.6 is 0 Å². The van der Waals surface area contributed by atoms with E-state index in [1.807, 2.05) is 26.0 Å². The Labute approximate surface area is 119 Å². The molecule has 1 aliphatic heterocycles. The number of likely N-dealkylation sites (N-methyl/N-ethyl adjacent to an activating group) is 1. The molecule has 0 fully saturated rings. The standard InChI is InChI=1S/C16H19NO3/c1-6-15(2,3)16(14(19)20-5)13(18)11-9-7-8-10-12(11)17(16)4/h6-10H,1H2,2-5H3. The lowest BCUT2D eigenvalue weighted by Crippen LogP contribution is -2.64. The largest absolute Gasteiger partial charge is 0.467 e. The Balaban J connectivity index is 2.77. The molecule has 20 heavy (non-hydrogen) atoms. The number of esters is 1. The average Bonchev–Trinajstić information content (AvgIpc) is 2.69. The molecular weight excluding hydrogens is 254 g/mol. The van der Waals surface area contributed by atoms with Gasteiger partial charge in [0.15, 0.2) is 0 Å². The Morgan fingerprint density at radius 2 is 2.00 bits per heavy atom. The van der Waals surface area contributed by atoms with Gasteiger partial charge in [-0.2, -0.15) is 0 Å². The van der Waals surface area contributed by atoms with E-state index >= 15 is 0 Å². The van der Waals surface area contributed by atoms with E-state index in [1.165, 1.54) is 7.11 Å². The number of carbonyl (C=O) groups excluding carboxylic acids is 2. The molecule has 0 radical (unpaired) electrons. The number of carbonyl (C=O) groups is 2. The number of nitrogens with zero attached hydrogens (tertiary/aromatic N) is 1. The Bertz CT molecular complexity index is 591. The summed E-state index contributed by atoms with van der Waals surface area (Å²) in [5.41, 5.74) is -0.911. The van der Waals surface area contributed by atoms with E-state index in [1.54, 1.807) is 30.2 Å². The Morgan fingerprint density at radius 3 is 2.50 bits per heavy atom. The zero-order chi connectivity index (χ0) is 15.1. The van der Waals surface area contributed by atoms with Gasteiger partial charge in [0.25, 0.3) is 0 Å². The van der Waals surface area contributed by atoms with Crippen molar-refractivity contribution >= 4 is 17.4 Å². The third-order valence-corrected chi connectivity index (χ3v) is 4.27. The molecule has 106 valence electrons. The monoisotopic (exact) mass is 273 g/mol. The Morgan fingerprint density at radius 1 is 1.40 bits per heavy atom. The van der Waals surface area contributed by atoms with E-state index in [4.69, 9.17) is 4.74 Å². The molecular formula is C16H19NO3. The van der Waals surface area contributed by atoms with Crippen LogP contribution in [0.5, 0.6) is 0 Å². The molecule has 0 saturated heterocycles. The average molecular weight is 273 g/mol. The molecule has 2 rings (SSSR count). The minimum atomic E-state index is -1.41. The van der Waals surface area contributed by atoms with E-state index in [0.29, 0.717) is 5.56 Å². The van der Waals surface area contributed by atoms with Gasteiger partial charge in [-0.05, 0) is 12.1 Å². The predicted molar refractivity (Wildman–Crippen MR) is 77.9 cm³/mol. The second-order valence-electron chi connectivity index (χ2n) is 5.53. The van der Waals surface area contributed by atoms with Crippen LogP contribution in [-0.4, -0.2) is 31.4 Å². The molecule has 0 aromatic heterocycles. The number of para-hydroxylation sites is 1. The highest BCUT2D eigenvalue weighted by atomic mass is 16.5. The van der Waals surface area contributed by atoms with Gasteiger partial charge >= 0.3 is 5.97 Å². The summed E-state index contributed by atoms with van der Waals surface area (Å²) in [6.45, 7) is 7.42. The molecule has 0 bridgehead atoms. The van der Waals surface area contributed by atoms with Gasteiger partial charge in [0.2, 0.25) is 11.3 Å². The molecule has 0 saturated carbocycles. The van der Waals surface area contributed by atoms with Crippen molar-refractivity contribution in [2.75, 3.05) is 19.1 Å². The van der Waals surface area contributed by atoms with Crippen LogP contribution < -0.4 is 4.90 Å². The van der Waals surface area contributed by atoms with Crippen molar-refractivity contribution in [2.24, 2.45) is 5.41 Å². The highest BCUT2D eigenvalue weighted by Crippen LogP contribution is 2.48. The van der Waals surface area contributed by atoms with Crippen molar-refractivity contribution in [3.63, 3.8) is 0 Å². The second kappa shape index (κ2) is 4.47. The van der Waals surface area contributed by atoms with Crippen molar-refractivity contribution in [3.8, 4) is 0 Å². The molecule has 1 aromatic carbocycles. The fraction of sp³-hybridized carbons (Fsp3) is 0.375. The molecule has 1 atom stereocenters. The summed E-state index contributed by atoms with van der Waals surface area (Å²) in [5.74, 6) is -0.807. The highest BCUT2D eigenvalue weighted by Gasteiger charge is 2.63. The summed E-state index contributed by atoms with van der Waals surface area (Å²) in [7, 11) is 3.04. The van der Waals surface area contributed by atoms with Crippen LogP contribution in [-0.2, 0) is 9.53 Å². The lowest BCUT2D eigenvalue weighted by molar-refractivity contribution is -0.147. The van der Waals surface area contributed by atoms with Gasteiger partial charge in [0.05, 0.1) is 7.11 Å². The fourth-order valence-corrected chi connectivity index (χ4v) is 3.00. The minimum Gasteiger partial charge on any atom is -0.467 e. The first-order valence-corrected chi connectivity index (χ1v) is 6.44. The van der Waals surface area contributed by atoms with Gasteiger partial charge in [0.1, 0.15) is 0 Å². The fourth-order valence-electron chi connectivity index (χ4n) is 3.00. The van der Waals surface area contributed by atoms with Crippen molar-refractivity contribution in [1.29, 1.82) is 0 Å². The smallest absolute Gasteiger partial charge is 0.340 e. The minimum absolute atomic E-state index is 0.243. The van der Waals surface area contributed by atoms with Crippen molar-refractivity contribution < 1.29 is 14.3 Å². The van der Waals surface area contributed by atoms with Crippen molar-refractivity contribution in [2.45, 2.75) is 19.4 Å². The molecule has 1 heterocycles. The third kappa shape index (κ3) is 1.48. The first-order chi connectivity index (χ1) is 9.34. The number of fused-ring (bicyclic) bond motifs is 1. The number of methoxy groups -OCH3 is 1. The third-order valence-electron chi connectivity index (χ3n) is 4.27. The van der Waals surface area contributed by atoms with Crippen LogP contribution in [0.3, 0.4) is 0 Å². The quantitative estimate of drug-likeness (QED) is 0.482. The maximum atomic E-state index is 12.9. The number of rotatable bonds is 3. The van der Waals surface area contributed by atoms with E-state index in [-0.39, 0.29) is 5.78 Å². The van der Waals surface area contributed by atoms with Crippen molar-refractivity contribution in [3.05, 3.63) is 42.5 Å². The van der Waals surface area contributed by atoms with Crippen LogP contribution in [0.15, 0.2) is 36.9 Å². The second-order valence-corrected chi connectivity index (χ2v) is 5.53. The Kier molecular flexibility index (Phi) is 3.20. The number of hydrogen-bond acceptors (Lipinski definition) is 4. The van der Waals surface area contributed by atoms with Gasteiger partial charge < -0.3 is 9.64 Å². The van der Waals surface area contributed by atoms with Crippen LogP contribution in [0.1, 0.15) is 24.2 Å². The van der Waals surface area contributed by atoms with E-state index in [9.17, 15) is 9.59 Å². The molecule has 4 heteroatoms. The molecule has 1 unspecified atom stereocenters. The van der Waals surface area contributed by atoms with Crippen LogP contribution in [0, 0.1) is 5.41 Å². The zero-order valence-corrected chi connectivity index (χ0v) is 12.3. The summed E-state index contributed by atoms with van der Waals surface area (Å²) in [6, 6.07) is 7.20. The van der Waals surface area contributed by atoms with Crippen LogP contribution in [0.25, 0.3) is 0 Å². The van der Waals surface area contributed by atoms with E-state index in [0.717, 1.165) is 5.69 Å². The van der Waals surface area contributed by atoms with Crippen LogP contribution in [0.4, 0.5) is 5.69 Å². The maximum Gasteiger partial charge on any atom is 0.340 e. The number of Topliss-reactive ketones (excluding diaryl/α,β-unsaturated/α-hetero) is 1. The normalized spacial score (nSPS) is 21.6. The zero-order valence-electron chi connectivity index (χ0n) is 12.3. The van der Waals surface area contributed by atoms with Crippen molar-refractivity contribution in [1.82, 2.24) is 0 Å². The van der Waals surface area contributed by atoms with Gasteiger partial charge in [-0.15, -0.1) is 6.58 Å². The molecule has 0 amide bonds. The molecule has 4 nitrogen and oxygen atoms in total. The number of hydrogen-bond donors (Lipinski definition) is 0. The SMILES string of the molecule is C=CC(C)(C)C1(C(=O)OC)C(=O)c2ccccc2N1C. The highest BCUT2D eigenvalue weighted by molar-refractivity contribution is 6.25. The number of ether oxygens (including phenoxy) is 1. The number of anilines is 1. The van der Waals surface area contributed by atoms with E-state index in [2.05, 4.69) is 6.58 Å². The van der Waals surface area contributed by atoms with Gasteiger partial charge in [0, 0.05) is 23.7 Å². The predicted octanol–water partition coefficient (Wildman–Crippen LogP) is 2.44. The number of ketones is 1. The lowest BCUT2D eigenvalue weighted by Gasteiger charge is -2.43. The first-order valence-electron chi connectivity index (χ1n) is 6.44. The first kappa shape index (κ1) is 14.3. The summed E-state index contributed by atoms with van der Waals surface area (Å²) >= 11 is 0. The lowest BCUT2D eigenvalue weighted by atomic mass is 9.69. The van der Waals surface area contributed by atoms with Gasteiger partial charge in [-0.1, -0.05) is 32.1 Å². The summed E-state index contributed by atoms with van der Waals surface area (Å²) in [4.78, 5) is 27.1. The molecule has 0 spiro atoms. The molecule has 0 aliphatic carbocycles. The molecule has 0 N–H and O–H groups in total. The van der Waals surface area contributed by atoms with Crippen LogP contribution in [0.2, 0.25) is 0 Å². The van der Waals surface area contributed by atoms with Gasteiger partial charge in [-0.25, -0.2) is 4.79 Å². The summed E-state index contributed by atoms with van der Waals surface area (Å²) in [6.07, 6.45) is 1.63. The molecule has 1 aliphatic rings. The summed E-state index contributed by atoms with van der Waals surface area (Å²) < 4.78 is 4.95. The number of benzene rings is 1. The van der Waals surface area contributed by atoms with Gasteiger partial charge in [-0.3, -0.25) is 4.79 Å². The summed E-state index contributed by atoms with van der Waals surface area (Å²) in [5, 5.41) is 0.